The van der Waals surface area contributed by atoms with Crippen molar-refractivity contribution in [2.45, 2.75) is 31.2 Å². The predicted molar refractivity (Wildman–Crippen MR) is 125 cm³/mol. The number of morpholine rings is 1. The minimum Gasteiger partial charge on any atom is -0.383 e. The maximum atomic E-state index is 13.0. The molecule has 1 atom stereocenters. The summed E-state index contributed by atoms with van der Waals surface area (Å²) in [5.74, 6) is 0.748. The summed E-state index contributed by atoms with van der Waals surface area (Å²) in [5, 5.41) is 3.39. The smallest absolute Gasteiger partial charge is 0.383 e. The maximum Gasteiger partial charge on any atom is 0.416 e. The summed E-state index contributed by atoms with van der Waals surface area (Å²) in [6, 6.07) is 6.02. The number of guanidine groups is 1. The van der Waals surface area contributed by atoms with Gasteiger partial charge < -0.3 is 19.7 Å². The summed E-state index contributed by atoms with van der Waals surface area (Å²) >= 11 is 0. The number of aliphatic imine (C=N–C) groups is 1. The van der Waals surface area contributed by atoms with E-state index >= 15 is 0 Å². The van der Waals surface area contributed by atoms with Crippen molar-refractivity contribution < 1.29 is 22.6 Å². The molecule has 1 aromatic rings. The maximum absolute atomic E-state index is 13.0. The van der Waals surface area contributed by atoms with Gasteiger partial charge in [0.05, 0.1) is 25.3 Å². The summed E-state index contributed by atoms with van der Waals surface area (Å²) in [6.45, 7) is 4.81. The van der Waals surface area contributed by atoms with Gasteiger partial charge >= 0.3 is 6.18 Å². The van der Waals surface area contributed by atoms with Gasteiger partial charge in [0, 0.05) is 46.4 Å². The zero-order valence-corrected chi connectivity index (χ0v) is 20.4. The number of benzene rings is 1. The Morgan fingerprint density at radius 3 is 2.74 bits per heavy atom. The third-order valence-electron chi connectivity index (χ3n) is 5.49. The normalized spacial score (nSPS) is 20.0. The Kier molecular flexibility index (Phi) is 10.3. The fraction of sp³-hybridized carbons (Fsp3) is 0.667. The van der Waals surface area contributed by atoms with Crippen molar-refractivity contribution in [1.82, 2.24) is 15.1 Å². The van der Waals surface area contributed by atoms with Gasteiger partial charge in [-0.05, 0) is 30.5 Å². The van der Waals surface area contributed by atoms with E-state index in [0.717, 1.165) is 31.7 Å². The molecule has 0 spiro atoms. The molecule has 1 saturated carbocycles. The molecule has 176 valence electrons. The number of methoxy groups -OCH3 is 1. The fourth-order valence-corrected chi connectivity index (χ4v) is 3.73. The van der Waals surface area contributed by atoms with E-state index in [0.29, 0.717) is 37.9 Å². The molecule has 1 aliphatic carbocycles. The summed E-state index contributed by atoms with van der Waals surface area (Å²) in [4.78, 5) is 8.84. The molecular weight excluding hydrogens is 524 g/mol. The lowest BCUT2D eigenvalue weighted by Crippen LogP contribution is -2.49. The number of nitrogens with zero attached hydrogens (tertiary/aromatic N) is 3. The number of ether oxygens (including phenoxy) is 2. The highest BCUT2D eigenvalue weighted by Gasteiger charge is 2.32. The van der Waals surface area contributed by atoms with Gasteiger partial charge in [0.1, 0.15) is 6.10 Å². The van der Waals surface area contributed by atoms with E-state index in [9.17, 15) is 13.2 Å². The van der Waals surface area contributed by atoms with Crippen LogP contribution in [0, 0.1) is 0 Å². The molecule has 0 bridgehead atoms. The van der Waals surface area contributed by atoms with Crippen LogP contribution in [0.2, 0.25) is 0 Å². The van der Waals surface area contributed by atoms with E-state index in [1.165, 1.54) is 25.0 Å². The van der Waals surface area contributed by atoms with E-state index in [4.69, 9.17) is 9.47 Å². The Labute approximate surface area is 199 Å². The number of halogens is 4. The largest absolute Gasteiger partial charge is 0.416 e. The van der Waals surface area contributed by atoms with Gasteiger partial charge in [0.15, 0.2) is 5.96 Å². The third-order valence-corrected chi connectivity index (χ3v) is 5.49. The lowest BCUT2D eigenvalue weighted by atomic mass is 10.0. The zero-order valence-electron chi connectivity index (χ0n) is 18.0. The van der Waals surface area contributed by atoms with Crippen molar-refractivity contribution in [3.63, 3.8) is 0 Å². The van der Waals surface area contributed by atoms with Crippen LogP contribution in [0.1, 0.15) is 30.1 Å². The Balaban J connectivity index is 0.00000341. The molecule has 1 unspecified atom stereocenters. The average molecular weight is 556 g/mol. The average Bonchev–Trinajstić information content (AvgIpc) is 3.58. The standard InChI is InChI=1S/C21H31F3N4O2.HI/c1-25-20(26-8-9-27(10-12-29-2)18-6-7-18)28-11-13-30-19(15-28)16-4-3-5-17(14-16)21(22,23)24;/h3-5,14,18-19H,6-13,15H2,1-2H3,(H,25,26);1H. The topological polar surface area (TPSA) is 49.3 Å². The summed E-state index contributed by atoms with van der Waals surface area (Å²) < 4.78 is 50.1. The number of rotatable bonds is 8. The highest BCUT2D eigenvalue weighted by atomic mass is 127. The van der Waals surface area contributed by atoms with Crippen molar-refractivity contribution in [1.29, 1.82) is 0 Å². The minimum atomic E-state index is -4.36. The molecular formula is C21H32F3IN4O2. The first-order valence-electron chi connectivity index (χ1n) is 10.4. The highest BCUT2D eigenvalue weighted by molar-refractivity contribution is 14.0. The van der Waals surface area contributed by atoms with Gasteiger partial charge in [-0.25, -0.2) is 0 Å². The van der Waals surface area contributed by atoms with Crippen LogP contribution in [-0.4, -0.2) is 81.9 Å². The monoisotopic (exact) mass is 556 g/mol. The minimum absolute atomic E-state index is 0. The van der Waals surface area contributed by atoms with Gasteiger partial charge in [-0.15, -0.1) is 24.0 Å². The molecule has 31 heavy (non-hydrogen) atoms. The molecule has 1 N–H and O–H groups in total. The van der Waals surface area contributed by atoms with E-state index in [2.05, 4.69) is 15.2 Å². The first kappa shape index (κ1) is 26.1. The molecule has 1 aromatic carbocycles. The molecule has 3 rings (SSSR count). The van der Waals surface area contributed by atoms with Crippen LogP contribution < -0.4 is 5.32 Å². The van der Waals surface area contributed by atoms with Crippen LogP contribution in [0.25, 0.3) is 0 Å². The molecule has 0 amide bonds. The van der Waals surface area contributed by atoms with Crippen LogP contribution in [0.5, 0.6) is 0 Å². The number of alkyl halides is 3. The summed E-state index contributed by atoms with van der Waals surface area (Å²) in [7, 11) is 3.44. The molecule has 2 fully saturated rings. The van der Waals surface area contributed by atoms with Gasteiger partial charge in [0.2, 0.25) is 0 Å². The first-order chi connectivity index (χ1) is 14.4. The van der Waals surface area contributed by atoms with Crippen molar-refractivity contribution >= 4 is 29.9 Å². The summed E-state index contributed by atoms with van der Waals surface area (Å²) in [6.07, 6.45) is -2.32. The highest BCUT2D eigenvalue weighted by Crippen LogP contribution is 2.32. The van der Waals surface area contributed by atoms with E-state index in [1.54, 1.807) is 20.2 Å². The molecule has 1 saturated heterocycles. The molecule has 0 radical (unpaired) electrons. The molecule has 1 heterocycles. The van der Waals surface area contributed by atoms with Crippen molar-refractivity contribution in [2.24, 2.45) is 4.99 Å². The van der Waals surface area contributed by atoms with Crippen LogP contribution in [0.4, 0.5) is 13.2 Å². The lowest BCUT2D eigenvalue weighted by molar-refractivity contribution is -0.137. The van der Waals surface area contributed by atoms with Gasteiger partial charge in [-0.1, -0.05) is 12.1 Å². The number of hydrogen-bond donors (Lipinski definition) is 1. The van der Waals surface area contributed by atoms with Crippen LogP contribution in [-0.2, 0) is 15.7 Å². The van der Waals surface area contributed by atoms with E-state index in [-0.39, 0.29) is 24.0 Å². The van der Waals surface area contributed by atoms with E-state index in [1.807, 2.05) is 4.90 Å². The number of hydrogen-bond acceptors (Lipinski definition) is 4. The van der Waals surface area contributed by atoms with E-state index < -0.39 is 17.8 Å². The Morgan fingerprint density at radius 1 is 1.32 bits per heavy atom. The Bertz CT molecular complexity index is 716. The lowest BCUT2D eigenvalue weighted by Gasteiger charge is -2.35. The Morgan fingerprint density at radius 2 is 2.10 bits per heavy atom. The molecule has 2 aliphatic rings. The molecule has 0 aromatic heterocycles. The quantitative estimate of drug-likeness (QED) is 0.303. The predicted octanol–water partition coefficient (Wildman–Crippen LogP) is 3.38. The van der Waals surface area contributed by atoms with Gasteiger partial charge in [0.25, 0.3) is 0 Å². The van der Waals surface area contributed by atoms with Crippen molar-refractivity contribution in [2.75, 3.05) is 60.1 Å². The van der Waals surface area contributed by atoms with Crippen LogP contribution in [0.3, 0.4) is 0 Å². The second-order valence-electron chi connectivity index (χ2n) is 7.66. The van der Waals surface area contributed by atoms with Gasteiger partial charge in [-0.2, -0.15) is 13.2 Å². The molecule has 1 aliphatic heterocycles. The van der Waals surface area contributed by atoms with Gasteiger partial charge in [-0.3, -0.25) is 9.89 Å². The van der Waals surface area contributed by atoms with Crippen molar-refractivity contribution in [3.05, 3.63) is 35.4 Å². The SMILES string of the molecule is CN=C(NCCN(CCOC)C1CC1)N1CCOC(c2cccc(C(F)(F)F)c2)C1.I. The van der Waals surface area contributed by atoms with Crippen molar-refractivity contribution in [3.8, 4) is 0 Å². The molecule has 10 heteroatoms. The van der Waals surface area contributed by atoms with Crippen LogP contribution in [0.15, 0.2) is 29.3 Å². The molecule has 6 nitrogen and oxygen atoms in total. The second-order valence-corrected chi connectivity index (χ2v) is 7.66. The zero-order chi connectivity index (χ0) is 21.6. The van der Waals surface area contributed by atoms with Crippen LogP contribution >= 0.6 is 24.0 Å². The summed E-state index contributed by atoms with van der Waals surface area (Å²) in [5.41, 5.74) is -0.121. The first-order valence-corrected chi connectivity index (χ1v) is 10.4. The number of nitrogens with one attached hydrogen (secondary N) is 1. The fourth-order valence-electron chi connectivity index (χ4n) is 3.73. The second kappa shape index (κ2) is 12.2. The Hall–Kier alpha value is -1.11. The third kappa shape index (κ3) is 7.76.